The average Bonchev–Trinajstić information content (AvgIpc) is 2.71. The van der Waals surface area contributed by atoms with Gasteiger partial charge in [-0.2, -0.15) is 0 Å². The summed E-state index contributed by atoms with van der Waals surface area (Å²) < 4.78 is 5.67. The summed E-state index contributed by atoms with van der Waals surface area (Å²) in [5.41, 5.74) is 4.68. The van der Waals surface area contributed by atoms with Crippen molar-refractivity contribution < 1.29 is 14.3 Å². The van der Waals surface area contributed by atoms with Crippen molar-refractivity contribution >= 4 is 11.8 Å². The van der Waals surface area contributed by atoms with Crippen LogP contribution in [0.25, 0.3) is 0 Å². The average molecular weight is 402 g/mol. The molecule has 4 rings (SSSR count). The maximum absolute atomic E-state index is 13.2. The molecular weight excluding hydrogens is 374 g/mol. The van der Waals surface area contributed by atoms with Crippen molar-refractivity contribution in [3.63, 3.8) is 0 Å². The van der Waals surface area contributed by atoms with Gasteiger partial charge in [-0.25, -0.2) is 4.79 Å². The van der Waals surface area contributed by atoms with Gasteiger partial charge in [0.05, 0.1) is 5.57 Å². The lowest BCUT2D eigenvalue weighted by molar-refractivity contribution is -0.140. The second-order valence-electron chi connectivity index (χ2n) is 8.90. The van der Waals surface area contributed by atoms with Crippen LogP contribution in [-0.2, 0) is 20.9 Å². The maximum atomic E-state index is 13.2. The Balaban J connectivity index is 1.72. The third-order valence-corrected chi connectivity index (χ3v) is 5.81. The van der Waals surface area contributed by atoms with E-state index in [1.54, 1.807) is 0 Å². The first-order valence-corrected chi connectivity index (χ1v) is 10.4. The van der Waals surface area contributed by atoms with Crippen molar-refractivity contribution in [3.05, 3.63) is 94.3 Å². The van der Waals surface area contributed by atoms with Gasteiger partial charge < -0.3 is 10.1 Å². The predicted octanol–water partition coefficient (Wildman–Crippen LogP) is 5.03. The van der Waals surface area contributed by atoms with Gasteiger partial charge in [0.25, 0.3) is 0 Å². The molecule has 1 aliphatic heterocycles. The third kappa shape index (κ3) is 3.95. The minimum absolute atomic E-state index is 0.100. The lowest BCUT2D eigenvalue weighted by Crippen LogP contribution is -2.38. The van der Waals surface area contributed by atoms with E-state index in [2.05, 4.69) is 19.2 Å². The highest BCUT2D eigenvalue weighted by atomic mass is 16.5. The molecule has 4 heteroatoms. The number of hydrogen-bond donors (Lipinski definition) is 1. The molecule has 1 N–H and O–H groups in total. The lowest BCUT2D eigenvalue weighted by atomic mass is 9.68. The molecular formula is C26H27NO3. The number of carbonyl (C=O) groups excluding carboxylic acids is 2. The van der Waals surface area contributed by atoms with E-state index in [4.69, 9.17) is 4.74 Å². The van der Waals surface area contributed by atoms with Gasteiger partial charge >= 0.3 is 5.97 Å². The number of benzene rings is 2. The molecule has 2 aliphatic rings. The fourth-order valence-corrected chi connectivity index (χ4v) is 4.49. The SMILES string of the molecule is CC1=C(C(=O)OCc2ccccc2)[C@@H](c2ccccc2)C2=C(CC(C)(C)CC2=O)N1. The summed E-state index contributed by atoms with van der Waals surface area (Å²) in [6.07, 6.45) is 1.25. The van der Waals surface area contributed by atoms with Crippen molar-refractivity contribution in [1.29, 1.82) is 0 Å². The second-order valence-corrected chi connectivity index (χ2v) is 8.90. The van der Waals surface area contributed by atoms with Gasteiger partial charge in [-0.1, -0.05) is 74.5 Å². The molecule has 1 aliphatic carbocycles. The van der Waals surface area contributed by atoms with Crippen LogP contribution in [0, 0.1) is 5.41 Å². The smallest absolute Gasteiger partial charge is 0.337 e. The fraction of sp³-hybridized carbons (Fsp3) is 0.308. The predicted molar refractivity (Wildman–Crippen MR) is 116 cm³/mol. The molecule has 4 nitrogen and oxygen atoms in total. The highest BCUT2D eigenvalue weighted by molar-refractivity contribution is 6.04. The molecule has 0 amide bonds. The van der Waals surface area contributed by atoms with E-state index >= 15 is 0 Å². The van der Waals surface area contributed by atoms with E-state index in [9.17, 15) is 9.59 Å². The summed E-state index contributed by atoms with van der Waals surface area (Å²) in [5, 5.41) is 3.37. The molecule has 0 unspecified atom stereocenters. The number of ketones is 1. The molecule has 0 saturated heterocycles. The molecule has 0 bridgehead atoms. The number of allylic oxidation sites excluding steroid dienone is 3. The molecule has 0 radical (unpaired) electrons. The minimum Gasteiger partial charge on any atom is -0.457 e. The minimum atomic E-state index is -0.408. The van der Waals surface area contributed by atoms with Crippen LogP contribution in [0.15, 0.2) is 83.2 Å². The molecule has 1 heterocycles. The first-order chi connectivity index (χ1) is 14.4. The number of ether oxygens (including phenoxy) is 1. The molecule has 2 aromatic carbocycles. The second kappa shape index (κ2) is 7.94. The Bertz CT molecular complexity index is 1030. The monoisotopic (exact) mass is 401 g/mol. The van der Waals surface area contributed by atoms with Crippen LogP contribution in [0.1, 0.15) is 50.7 Å². The van der Waals surface area contributed by atoms with Crippen LogP contribution >= 0.6 is 0 Å². The Morgan fingerprint density at radius 1 is 1.03 bits per heavy atom. The van der Waals surface area contributed by atoms with Crippen molar-refractivity contribution in [2.45, 2.75) is 46.1 Å². The summed E-state index contributed by atoms with van der Waals surface area (Å²) in [6.45, 7) is 6.31. The topological polar surface area (TPSA) is 55.4 Å². The molecule has 0 saturated carbocycles. The highest BCUT2D eigenvalue weighted by Gasteiger charge is 2.43. The Hall–Kier alpha value is -3.14. The number of hydrogen-bond acceptors (Lipinski definition) is 4. The standard InChI is InChI=1S/C26H27NO3/c1-17-22(25(29)30-16-18-10-6-4-7-11-18)23(19-12-8-5-9-13-19)24-20(27-17)14-26(2,3)15-21(24)28/h4-13,23,27H,14-16H2,1-3H3/t23-/m1/s1. The van der Waals surface area contributed by atoms with Gasteiger partial charge in [-0.15, -0.1) is 0 Å². The Kier molecular flexibility index (Phi) is 5.33. The number of nitrogens with one attached hydrogen (secondary N) is 1. The van der Waals surface area contributed by atoms with Gasteiger partial charge in [0, 0.05) is 29.3 Å². The first kappa shape index (κ1) is 20.1. The summed E-state index contributed by atoms with van der Waals surface area (Å²) in [6, 6.07) is 19.4. The van der Waals surface area contributed by atoms with Gasteiger partial charge in [0.2, 0.25) is 0 Å². The van der Waals surface area contributed by atoms with Gasteiger partial charge in [-0.05, 0) is 29.9 Å². The van der Waals surface area contributed by atoms with Crippen LogP contribution in [0.5, 0.6) is 0 Å². The Morgan fingerprint density at radius 3 is 2.33 bits per heavy atom. The first-order valence-electron chi connectivity index (χ1n) is 10.4. The zero-order valence-corrected chi connectivity index (χ0v) is 17.7. The summed E-state index contributed by atoms with van der Waals surface area (Å²) in [4.78, 5) is 26.4. The summed E-state index contributed by atoms with van der Waals surface area (Å²) in [7, 11) is 0. The largest absolute Gasteiger partial charge is 0.457 e. The van der Waals surface area contributed by atoms with E-state index in [0.29, 0.717) is 17.6 Å². The van der Waals surface area contributed by atoms with Gasteiger partial charge in [0.1, 0.15) is 6.61 Å². The van der Waals surface area contributed by atoms with Crippen LogP contribution in [0.4, 0.5) is 0 Å². The molecule has 1 atom stereocenters. The van der Waals surface area contributed by atoms with Gasteiger partial charge in [-0.3, -0.25) is 4.79 Å². The number of carbonyl (C=O) groups is 2. The summed E-state index contributed by atoms with van der Waals surface area (Å²) in [5.74, 6) is -0.695. The highest BCUT2D eigenvalue weighted by Crippen LogP contribution is 2.46. The zero-order chi connectivity index (χ0) is 21.3. The number of Topliss-reactive ketones (excluding diaryl/α,β-unsaturated/α-hetero) is 1. The molecule has 0 fully saturated rings. The fourth-order valence-electron chi connectivity index (χ4n) is 4.49. The van der Waals surface area contributed by atoms with Crippen LogP contribution in [-0.4, -0.2) is 11.8 Å². The van der Waals surface area contributed by atoms with E-state index in [1.165, 1.54) is 0 Å². The van der Waals surface area contributed by atoms with E-state index in [0.717, 1.165) is 28.9 Å². The van der Waals surface area contributed by atoms with Crippen molar-refractivity contribution in [1.82, 2.24) is 5.32 Å². The van der Waals surface area contributed by atoms with Crippen molar-refractivity contribution in [2.24, 2.45) is 5.41 Å². The maximum Gasteiger partial charge on any atom is 0.337 e. The quantitative estimate of drug-likeness (QED) is 0.730. The molecule has 0 aromatic heterocycles. The molecule has 0 spiro atoms. The number of esters is 1. The third-order valence-electron chi connectivity index (χ3n) is 5.81. The van der Waals surface area contributed by atoms with Crippen LogP contribution in [0.3, 0.4) is 0 Å². The van der Waals surface area contributed by atoms with E-state index in [-0.39, 0.29) is 23.8 Å². The van der Waals surface area contributed by atoms with E-state index in [1.807, 2.05) is 67.6 Å². The zero-order valence-electron chi connectivity index (χ0n) is 17.7. The molecule has 2 aromatic rings. The van der Waals surface area contributed by atoms with Crippen molar-refractivity contribution in [3.8, 4) is 0 Å². The van der Waals surface area contributed by atoms with E-state index < -0.39 is 5.92 Å². The van der Waals surface area contributed by atoms with Crippen molar-refractivity contribution in [2.75, 3.05) is 0 Å². The van der Waals surface area contributed by atoms with Gasteiger partial charge in [0.15, 0.2) is 5.78 Å². The molecule has 154 valence electrons. The molecule has 30 heavy (non-hydrogen) atoms. The Labute approximate surface area is 177 Å². The normalized spacial score (nSPS) is 20.5. The summed E-state index contributed by atoms with van der Waals surface area (Å²) >= 11 is 0. The van der Waals surface area contributed by atoms with Crippen LogP contribution in [0.2, 0.25) is 0 Å². The van der Waals surface area contributed by atoms with Crippen LogP contribution < -0.4 is 5.32 Å². The number of rotatable bonds is 4. The Morgan fingerprint density at radius 2 is 1.67 bits per heavy atom. The lowest BCUT2D eigenvalue weighted by Gasteiger charge is -2.39. The number of dihydropyridines is 1.